The normalized spacial score (nSPS) is 49.7. The Morgan fingerprint density at radius 1 is 1.00 bits per heavy atom. The van der Waals surface area contributed by atoms with Gasteiger partial charge in [0.05, 0.1) is 0 Å². The van der Waals surface area contributed by atoms with Crippen molar-refractivity contribution in [1.82, 2.24) is 0 Å². The maximum absolute atomic E-state index is 2.44. The molecule has 2 aliphatic rings. The number of hydrogen-bond donors (Lipinski definition) is 0. The molecular formula is C9H16. The smallest absolute Gasteiger partial charge is 0.0386 e. The SMILES string of the molecule is C[C@H]1CCC2CCC1C2. The van der Waals surface area contributed by atoms with Crippen molar-refractivity contribution in [2.45, 2.75) is 39.0 Å². The summed E-state index contributed by atoms with van der Waals surface area (Å²) in [6.07, 6.45) is 7.73. The maximum atomic E-state index is 2.44. The fourth-order valence-corrected chi connectivity index (χ4v) is 2.63. The zero-order valence-electron chi connectivity index (χ0n) is 6.27. The van der Waals surface area contributed by atoms with Crippen molar-refractivity contribution in [1.29, 1.82) is 0 Å². The number of fused-ring (bicyclic) bond motifs is 2. The monoisotopic (exact) mass is 124 g/mol. The lowest BCUT2D eigenvalue weighted by Gasteiger charge is -2.24. The van der Waals surface area contributed by atoms with Crippen molar-refractivity contribution < 1.29 is 0 Å². The van der Waals surface area contributed by atoms with E-state index in [-0.39, 0.29) is 0 Å². The zero-order valence-corrected chi connectivity index (χ0v) is 6.27. The molecule has 0 aromatic rings. The molecule has 2 aliphatic carbocycles. The Balaban J connectivity index is 2.05. The second kappa shape index (κ2) is 2.00. The molecule has 0 aromatic carbocycles. The minimum absolute atomic E-state index is 1.06. The number of rotatable bonds is 0. The van der Waals surface area contributed by atoms with Gasteiger partial charge < -0.3 is 0 Å². The Kier molecular flexibility index (Phi) is 1.28. The van der Waals surface area contributed by atoms with E-state index < -0.39 is 0 Å². The molecule has 0 N–H and O–H groups in total. The van der Waals surface area contributed by atoms with Gasteiger partial charge in [-0.2, -0.15) is 0 Å². The van der Waals surface area contributed by atoms with Gasteiger partial charge in [0.2, 0.25) is 0 Å². The van der Waals surface area contributed by atoms with Crippen LogP contribution in [-0.4, -0.2) is 0 Å². The van der Waals surface area contributed by atoms with E-state index in [1.165, 1.54) is 12.8 Å². The average Bonchev–Trinajstić information content (AvgIpc) is 2.25. The summed E-state index contributed by atoms with van der Waals surface area (Å²) >= 11 is 0. The van der Waals surface area contributed by atoms with Crippen LogP contribution in [0.3, 0.4) is 0 Å². The third-order valence-corrected chi connectivity index (χ3v) is 3.42. The van der Waals surface area contributed by atoms with E-state index >= 15 is 0 Å². The molecule has 0 amide bonds. The van der Waals surface area contributed by atoms with E-state index in [4.69, 9.17) is 0 Å². The van der Waals surface area contributed by atoms with Crippen LogP contribution in [0.15, 0.2) is 0 Å². The lowest BCUT2D eigenvalue weighted by Crippen LogP contribution is -2.14. The van der Waals surface area contributed by atoms with Crippen LogP contribution in [0, 0.1) is 17.8 Å². The van der Waals surface area contributed by atoms with Gasteiger partial charge in [0.15, 0.2) is 0 Å². The third kappa shape index (κ3) is 0.889. The number of hydrogen-bond acceptors (Lipinski definition) is 0. The van der Waals surface area contributed by atoms with Crippen molar-refractivity contribution in [2.75, 3.05) is 0 Å². The average molecular weight is 124 g/mol. The van der Waals surface area contributed by atoms with E-state index in [1.54, 1.807) is 19.3 Å². The predicted molar refractivity (Wildman–Crippen MR) is 39.2 cm³/mol. The second-order valence-electron chi connectivity index (χ2n) is 3.99. The summed E-state index contributed by atoms with van der Waals surface area (Å²) < 4.78 is 0. The van der Waals surface area contributed by atoms with Crippen LogP contribution in [0.5, 0.6) is 0 Å². The summed E-state index contributed by atoms with van der Waals surface area (Å²) in [6.45, 7) is 2.44. The van der Waals surface area contributed by atoms with Gasteiger partial charge in [-0.15, -0.1) is 0 Å². The van der Waals surface area contributed by atoms with Crippen LogP contribution in [0.2, 0.25) is 0 Å². The molecule has 0 aliphatic heterocycles. The highest BCUT2D eigenvalue weighted by Crippen LogP contribution is 2.44. The Morgan fingerprint density at radius 2 is 1.78 bits per heavy atom. The van der Waals surface area contributed by atoms with Gasteiger partial charge in [-0.3, -0.25) is 0 Å². The highest BCUT2D eigenvalue weighted by molar-refractivity contribution is 4.84. The molecule has 0 heterocycles. The van der Waals surface area contributed by atoms with Gasteiger partial charge >= 0.3 is 0 Å². The second-order valence-corrected chi connectivity index (χ2v) is 3.99. The van der Waals surface area contributed by atoms with Gasteiger partial charge in [-0.1, -0.05) is 26.2 Å². The first-order valence-corrected chi connectivity index (χ1v) is 4.36. The quantitative estimate of drug-likeness (QED) is 0.466. The third-order valence-electron chi connectivity index (χ3n) is 3.42. The molecule has 2 rings (SSSR count). The molecule has 3 atom stereocenters. The lowest BCUT2D eigenvalue weighted by molar-refractivity contribution is 0.265. The molecule has 2 unspecified atom stereocenters. The van der Waals surface area contributed by atoms with E-state index in [9.17, 15) is 0 Å². The molecule has 0 radical (unpaired) electrons. The van der Waals surface area contributed by atoms with Crippen molar-refractivity contribution in [2.24, 2.45) is 17.8 Å². The topological polar surface area (TPSA) is 0 Å². The summed E-state index contributed by atoms with van der Waals surface area (Å²) in [5, 5.41) is 0. The minimum atomic E-state index is 1.06. The van der Waals surface area contributed by atoms with Gasteiger partial charge in [0.1, 0.15) is 0 Å². The molecule has 2 bridgehead atoms. The largest absolute Gasteiger partial charge is 0.0622 e. The molecule has 9 heavy (non-hydrogen) atoms. The molecule has 2 fully saturated rings. The molecule has 0 nitrogen and oxygen atoms in total. The van der Waals surface area contributed by atoms with Crippen LogP contribution in [-0.2, 0) is 0 Å². The Morgan fingerprint density at radius 3 is 2.56 bits per heavy atom. The molecular weight excluding hydrogens is 108 g/mol. The van der Waals surface area contributed by atoms with E-state index in [2.05, 4.69) is 6.92 Å². The van der Waals surface area contributed by atoms with Crippen LogP contribution >= 0.6 is 0 Å². The summed E-state index contributed by atoms with van der Waals surface area (Å²) in [5.74, 6) is 3.33. The van der Waals surface area contributed by atoms with Gasteiger partial charge in [-0.25, -0.2) is 0 Å². The van der Waals surface area contributed by atoms with Crippen LogP contribution in [0.1, 0.15) is 39.0 Å². The van der Waals surface area contributed by atoms with Crippen molar-refractivity contribution in [3.8, 4) is 0 Å². The maximum Gasteiger partial charge on any atom is -0.0386 e. The van der Waals surface area contributed by atoms with Gasteiger partial charge in [0.25, 0.3) is 0 Å². The highest BCUT2D eigenvalue weighted by Gasteiger charge is 2.32. The van der Waals surface area contributed by atoms with E-state index in [0.29, 0.717) is 0 Å². The fourth-order valence-electron chi connectivity index (χ4n) is 2.63. The molecule has 0 heteroatoms. The molecule has 2 saturated carbocycles. The molecule has 0 spiro atoms. The fraction of sp³-hybridized carbons (Fsp3) is 1.00. The molecule has 52 valence electrons. The Bertz CT molecular complexity index is 107. The van der Waals surface area contributed by atoms with Crippen LogP contribution in [0.25, 0.3) is 0 Å². The van der Waals surface area contributed by atoms with E-state index in [0.717, 1.165) is 17.8 Å². The van der Waals surface area contributed by atoms with Gasteiger partial charge in [0, 0.05) is 0 Å². The lowest BCUT2D eigenvalue weighted by atomic mass is 9.81. The molecule has 0 aromatic heterocycles. The first-order valence-electron chi connectivity index (χ1n) is 4.36. The van der Waals surface area contributed by atoms with Crippen molar-refractivity contribution in [3.05, 3.63) is 0 Å². The van der Waals surface area contributed by atoms with Gasteiger partial charge in [-0.05, 0) is 30.6 Å². The summed E-state index contributed by atoms with van der Waals surface area (Å²) in [7, 11) is 0. The first kappa shape index (κ1) is 5.76. The van der Waals surface area contributed by atoms with Crippen molar-refractivity contribution >= 4 is 0 Å². The summed E-state index contributed by atoms with van der Waals surface area (Å²) in [6, 6.07) is 0. The molecule has 0 saturated heterocycles. The predicted octanol–water partition coefficient (Wildman–Crippen LogP) is 2.83. The zero-order chi connectivity index (χ0) is 6.27. The van der Waals surface area contributed by atoms with Crippen LogP contribution in [0.4, 0.5) is 0 Å². The Labute approximate surface area is 57.6 Å². The summed E-state index contributed by atoms with van der Waals surface area (Å²) in [4.78, 5) is 0. The van der Waals surface area contributed by atoms with E-state index in [1.807, 2.05) is 0 Å². The highest BCUT2D eigenvalue weighted by atomic mass is 14.4. The Hall–Kier alpha value is 0. The van der Waals surface area contributed by atoms with Crippen molar-refractivity contribution in [3.63, 3.8) is 0 Å². The minimum Gasteiger partial charge on any atom is -0.0622 e. The first-order chi connectivity index (χ1) is 4.36. The summed E-state index contributed by atoms with van der Waals surface area (Å²) in [5.41, 5.74) is 0. The van der Waals surface area contributed by atoms with Crippen LogP contribution < -0.4 is 0 Å². The standard InChI is InChI=1S/C9H16/c1-7-2-3-8-4-5-9(7)6-8/h7-9H,2-6H2,1H3/t7-,8?,9?/m0/s1.